The molecule has 1 aliphatic rings. The van der Waals surface area contributed by atoms with Crippen LogP contribution in [0.1, 0.15) is 37.8 Å². The number of hydrogen-bond donors (Lipinski definition) is 3. The second-order valence-corrected chi connectivity index (χ2v) is 9.12. The number of thiazole rings is 1. The Morgan fingerprint density at radius 3 is 2.93 bits per heavy atom. The molecule has 4 N–H and O–H groups in total. The zero-order valence-corrected chi connectivity index (χ0v) is 18.1. The van der Waals surface area contributed by atoms with Crippen molar-refractivity contribution in [2.24, 2.45) is 15.7 Å². The number of nitrogens with zero attached hydrogens (tertiary/aromatic N) is 4. The summed E-state index contributed by atoms with van der Waals surface area (Å²) in [5.74, 6) is 0.330. The van der Waals surface area contributed by atoms with Crippen molar-refractivity contribution in [1.82, 2.24) is 15.0 Å². The van der Waals surface area contributed by atoms with E-state index in [-0.39, 0.29) is 6.61 Å². The Labute approximate surface area is 178 Å². The van der Waals surface area contributed by atoms with Crippen molar-refractivity contribution in [2.75, 3.05) is 6.61 Å². The lowest BCUT2D eigenvalue weighted by atomic mass is 10.0. The van der Waals surface area contributed by atoms with Crippen molar-refractivity contribution >= 4 is 29.3 Å². The van der Waals surface area contributed by atoms with Gasteiger partial charge in [-0.15, -0.1) is 0 Å². The Kier molecular flexibility index (Phi) is 7.79. The van der Waals surface area contributed by atoms with Crippen LogP contribution in [0.3, 0.4) is 0 Å². The van der Waals surface area contributed by atoms with Gasteiger partial charge in [0.1, 0.15) is 0 Å². The lowest BCUT2D eigenvalue weighted by Crippen LogP contribution is -2.09. The predicted molar refractivity (Wildman–Crippen MR) is 120 cm³/mol. The van der Waals surface area contributed by atoms with Crippen LogP contribution in [0.2, 0.25) is 0 Å². The van der Waals surface area contributed by atoms with Crippen LogP contribution < -0.4 is 10.5 Å². The van der Waals surface area contributed by atoms with Crippen molar-refractivity contribution in [2.45, 2.75) is 49.4 Å². The summed E-state index contributed by atoms with van der Waals surface area (Å²) in [5, 5.41) is 10.5. The second kappa shape index (κ2) is 10.5. The van der Waals surface area contributed by atoms with Gasteiger partial charge >= 0.3 is 0 Å². The summed E-state index contributed by atoms with van der Waals surface area (Å²) in [6.07, 6.45) is 11.0. The van der Waals surface area contributed by atoms with Crippen molar-refractivity contribution < 1.29 is 5.11 Å². The molecule has 0 unspecified atom stereocenters. The van der Waals surface area contributed by atoms with Crippen LogP contribution in [0.15, 0.2) is 51.6 Å². The summed E-state index contributed by atoms with van der Waals surface area (Å²) in [6.45, 7) is 5.49. The molecule has 0 aliphatic heterocycles. The molecule has 0 atom stereocenters. The third-order valence-corrected chi connectivity index (χ3v) is 6.54. The highest BCUT2D eigenvalue weighted by Gasteiger charge is 2.17. The number of H-pyrrole nitrogens is 1. The first-order valence-corrected chi connectivity index (χ1v) is 11.3. The minimum Gasteiger partial charge on any atom is -0.402 e. The molecule has 0 spiro atoms. The summed E-state index contributed by atoms with van der Waals surface area (Å²) >= 11 is 3.26. The number of aromatic amines is 1. The van der Waals surface area contributed by atoms with Crippen LogP contribution in [0.5, 0.6) is 0 Å². The molecule has 2 aromatic heterocycles. The Hall–Kier alpha value is -2.23. The second-order valence-electron chi connectivity index (χ2n) is 6.83. The molecule has 29 heavy (non-hydrogen) atoms. The standard InChI is InChI=1S/C20H26N6OS2/c1-13(12-27)10-22-18(9-21)26-19-23-11-17(29-19)16-8-14(2)24-20(25-16)28-15-6-4-3-5-7-15/h8-11,15,27H,1,3-7,12,21H2,2H3,(H,23,26)/b18-9+,22-10-. The molecule has 1 aliphatic carbocycles. The fraction of sp³-hybridized carbons (Fsp3) is 0.400. The van der Waals surface area contributed by atoms with Crippen LogP contribution in [-0.4, -0.2) is 38.1 Å². The van der Waals surface area contributed by atoms with Gasteiger partial charge in [0, 0.05) is 29.6 Å². The molecule has 3 rings (SSSR count). The van der Waals surface area contributed by atoms with Gasteiger partial charge in [-0.3, -0.25) is 0 Å². The van der Waals surface area contributed by atoms with Crippen molar-refractivity contribution in [3.8, 4) is 10.6 Å². The van der Waals surface area contributed by atoms with Gasteiger partial charge in [0.05, 0.1) is 17.2 Å². The van der Waals surface area contributed by atoms with Gasteiger partial charge in [0.25, 0.3) is 0 Å². The van der Waals surface area contributed by atoms with E-state index in [4.69, 9.17) is 15.8 Å². The minimum atomic E-state index is -0.162. The van der Waals surface area contributed by atoms with Gasteiger partial charge in [0.2, 0.25) is 0 Å². The van der Waals surface area contributed by atoms with Gasteiger partial charge in [-0.1, -0.05) is 48.9 Å². The minimum absolute atomic E-state index is 0.162. The SMILES string of the molecule is C=C(\C=N/C(=C\N)/N=c1/[nH]cc(-c2cc(C)nc(SC3CCCCC3)n2)s1)CO. The van der Waals surface area contributed by atoms with E-state index in [1.165, 1.54) is 55.9 Å². The van der Waals surface area contributed by atoms with Crippen LogP contribution in [0, 0.1) is 6.92 Å². The Balaban J connectivity index is 1.80. The Bertz CT molecular complexity index is 969. The molecule has 1 saturated carbocycles. The fourth-order valence-electron chi connectivity index (χ4n) is 2.94. The maximum Gasteiger partial charge on any atom is 0.189 e. The molecule has 1 fully saturated rings. The van der Waals surface area contributed by atoms with E-state index in [9.17, 15) is 0 Å². The van der Waals surface area contributed by atoms with E-state index < -0.39 is 0 Å². The molecular formula is C20H26N6OS2. The van der Waals surface area contributed by atoms with Crippen LogP contribution in [-0.2, 0) is 0 Å². The number of rotatable bonds is 7. The van der Waals surface area contributed by atoms with Gasteiger partial charge in [-0.05, 0) is 31.4 Å². The summed E-state index contributed by atoms with van der Waals surface area (Å²) in [5.41, 5.74) is 7.92. The highest BCUT2D eigenvalue weighted by Crippen LogP contribution is 2.33. The average molecular weight is 431 g/mol. The van der Waals surface area contributed by atoms with Gasteiger partial charge in [-0.2, -0.15) is 4.99 Å². The Morgan fingerprint density at radius 2 is 2.21 bits per heavy atom. The molecule has 7 nitrogen and oxygen atoms in total. The van der Waals surface area contributed by atoms with E-state index in [0.29, 0.717) is 21.4 Å². The monoisotopic (exact) mass is 430 g/mol. The summed E-state index contributed by atoms with van der Waals surface area (Å²) in [7, 11) is 0. The van der Waals surface area contributed by atoms with Crippen LogP contribution in [0.4, 0.5) is 0 Å². The third kappa shape index (κ3) is 6.38. The molecule has 0 amide bonds. The highest BCUT2D eigenvalue weighted by atomic mass is 32.2. The third-order valence-electron chi connectivity index (χ3n) is 4.39. The normalized spacial score (nSPS) is 16.6. The number of aryl methyl sites for hydroxylation is 1. The molecule has 0 radical (unpaired) electrons. The van der Waals surface area contributed by atoms with E-state index in [1.54, 1.807) is 11.8 Å². The molecule has 0 aromatic carbocycles. The largest absolute Gasteiger partial charge is 0.402 e. The molecule has 2 heterocycles. The van der Waals surface area contributed by atoms with E-state index in [1.807, 2.05) is 19.2 Å². The summed E-state index contributed by atoms with van der Waals surface area (Å²) < 4.78 is 0. The molecule has 9 heteroatoms. The van der Waals surface area contributed by atoms with E-state index >= 15 is 0 Å². The van der Waals surface area contributed by atoms with Gasteiger partial charge < -0.3 is 15.8 Å². The quantitative estimate of drug-likeness (QED) is 0.459. The Morgan fingerprint density at radius 1 is 1.41 bits per heavy atom. The van der Waals surface area contributed by atoms with Crippen molar-refractivity contribution in [3.05, 3.63) is 46.9 Å². The van der Waals surface area contributed by atoms with Crippen molar-refractivity contribution in [3.63, 3.8) is 0 Å². The highest BCUT2D eigenvalue weighted by molar-refractivity contribution is 7.99. The van der Waals surface area contributed by atoms with E-state index in [2.05, 4.69) is 26.5 Å². The van der Waals surface area contributed by atoms with Crippen LogP contribution in [0.25, 0.3) is 10.6 Å². The smallest absolute Gasteiger partial charge is 0.189 e. The maximum absolute atomic E-state index is 9.00. The maximum atomic E-state index is 9.00. The first-order valence-electron chi connectivity index (χ1n) is 9.58. The number of nitrogens with one attached hydrogen (secondary N) is 1. The van der Waals surface area contributed by atoms with Gasteiger partial charge in [0.15, 0.2) is 15.8 Å². The zero-order valence-electron chi connectivity index (χ0n) is 16.5. The fourth-order valence-corrected chi connectivity index (χ4v) is 4.94. The molecular weight excluding hydrogens is 404 g/mol. The number of thioether (sulfide) groups is 1. The molecule has 0 bridgehead atoms. The predicted octanol–water partition coefficient (Wildman–Crippen LogP) is 3.54. The lowest BCUT2D eigenvalue weighted by molar-refractivity contribution is 0.338. The van der Waals surface area contributed by atoms with Gasteiger partial charge in [-0.25, -0.2) is 15.0 Å². The first kappa shape index (κ1) is 21.5. The topological polar surface area (TPSA) is 113 Å². The lowest BCUT2D eigenvalue weighted by Gasteiger charge is -2.20. The number of aliphatic imine (C=N–C) groups is 1. The molecule has 2 aromatic rings. The molecule has 0 saturated heterocycles. The zero-order chi connectivity index (χ0) is 20.6. The number of aliphatic hydroxyl groups is 1. The number of aliphatic hydroxyl groups excluding tert-OH is 1. The summed E-state index contributed by atoms with van der Waals surface area (Å²) in [4.78, 5) is 22.7. The van der Waals surface area contributed by atoms with Crippen molar-refractivity contribution in [1.29, 1.82) is 0 Å². The number of hydrogen-bond acceptors (Lipinski definition) is 8. The summed E-state index contributed by atoms with van der Waals surface area (Å²) in [6, 6.07) is 1.98. The average Bonchev–Trinajstić information content (AvgIpc) is 3.19. The molecule has 154 valence electrons. The first-order chi connectivity index (χ1) is 14.1. The van der Waals surface area contributed by atoms with Crippen LogP contribution >= 0.6 is 23.1 Å². The van der Waals surface area contributed by atoms with E-state index in [0.717, 1.165) is 21.4 Å². The number of nitrogens with two attached hydrogens (primary N) is 1. The number of aromatic nitrogens is 3.